The lowest BCUT2D eigenvalue weighted by Crippen LogP contribution is -2.42. The third-order valence-corrected chi connectivity index (χ3v) is 5.75. The molecule has 1 N–H and O–H groups in total. The molecule has 2 atom stereocenters. The van der Waals surface area contributed by atoms with Crippen molar-refractivity contribution in [1.29, 1.82) is 0 Å². The van der Waals surface area contributed by atoms with Crippen LogP contribution < -0.4 is 4.74 Å². The van der Waals surface area contributed by atoms with Crippen molar-refractivity contribution in [3.63, 3.8) is 0 Å². The number of amides is 1. The van der Waals surface area contributed by atoms with Gasteiger partial charge in [-0.2, -0.15) is 0 Å². The Balaban J connectivity index is 1.65. The summed E-state index contributed by atoms with van der Waals surface area (Å²) in [5, 5.41) is 9.81. The fourth-order valence-electron chi connectivity index (χ4n) is 4.09. The maximum Gasteiger partial charge on any atom is 0.313 e. The first-order valence-electron chi connectivity index (χ1n) is 8.91. The maximum atomic E-state index is 12.6. The molecule has 26 heavy (non-hydrogen) atoms. The van der Waals surface area contributed by atoms with E-state index in [1.54, 1.807) is 11.0 Å². The Labute approximate surface area is 154 Å². The van der Waals surface area contributed by atoms with Crippen LogP contribution in [0.5, 0.6) is 5.75 Å². The fraction of sp³-hybridized carbons (Fsp3) is 0.500. The molecule has 6 nitrogen and oxygen atoms in total. The number of carbonyl (C=O) groups is 2. The molecule has 0 aliphatic carbocycles. The summed E-state index contributed by atoms with van der Waals surface area (Å²) in [4.78, 5) is 28.3. The molecule has 1 aromatic rings. The minimum atomic E-state index is -0.877. The molecule has 0 unspecified atom stereocenters. The smallest absolute Gasteiger partial charge is 0.313 e. The van der Waals surface area contributed by atoms with Crippen LogP contribution in [-0.4, -0.2) is 66.1 Å². The van der Waals surface area contributed by atoms with Gasteiger partial charge in [0.05, 0.1) is 0 Å². The van der Waals surface area contributed by atoms with E-state index in [1.807, 2.05) is 32.0 Å². The summed E-state index contributed by atoms with van der Waals surface area (Å²) in [5.41, 5.74) is 1.25. The van der Waals surface area contributed by atoms with Gasteiger partial charge >= 0.3 is 5.97 Å². The predicted molar refractivity (Wildman–Crippen MR) is 98.2 cm³/mol. The zero-order valence-electron chi connectivity index (χ0n) is 15.4. The highest BCUT2D eigenvalue weighted by Crippen LogP contribution is 2.42. The molecule has 3 rings (SSSR count). The minimum absolute atomic E-state index is 0.0513. The van der Waals surface area contributed by atoms with E-state index in [1.165, 1.54) is 0 Å². The zero-order chi connectivity index (χ0) is 18.9. The lowest BCUT2D eigenvalue weighted by Gasteiger charge is -2.25. The van der Waals surface area contributed by atoms with Crippen LogP contribution in [0.3, 0.4) is 0 Å². The van der Waals surface area contributed by atoms with Gasteiger partial charge in [-0.25, -0.2) is 0 Å². The molecule has 2 fully saturated rings. The first-order valence-corrected chi connectivity index (χ1v) is 8.91. The van der Waals surface area contributed by atoms with E-state index in [4.69, 9.17) is 4.74 Å². The van der Waals surface area contributed by atoms with E-state index in [9.17, 15) is 14.7 Å². The second kappa shape index (κ2) is 7.11. The summed E-state index contributed by atoms with van der Waals surface area (Å²) >= 11 is 0. The number of rotatable bonds is 6. The number of hydrogen-bond donors (Lipinski definition) is 1. The summed E-state index contributed by atoms with van der Waals surface area (Å²) < 4.78 is 5.70. The van der Waals surface area contributed by atoms with E-state index in [0.29, 0.717) is 31.9 Å². The van der Waals surface area contributed by atoms with Crippen molar-refractivity contribution in [2.24, 2.45) is 11.3 Å². The molecule has 2 heterocycles. The van der Waals surface area contributed by atoms with Gasteiger partial charge in [0.2, 0.25) is 0 Å². The van der Waals surface area contributed by atoms with Gasteiger partial charge in [-0.3, -0.25) is 14.5 Å². The molecule has 0 saturated carbocycles. The van der Waals surface area contributed by atoms with E-state index < -0.39 is 11.4 Å². The lowest BCUT2D eigenvalue weighted by molar-refractivity contribution is -0.149. The molecule has 0 aromatic heterocycles. The van der Waals surface area contributed by atoms with Crippen molar-refractivity contribution in [2.75, 3.05) is 39.3 Å². The molecular weight excluding hydrogens is 332 g/mol. The van der Waals surface area contributed by atoms with Crippen LogP contribution in [0, 0.1) is 25.2 Å². The SMILES string of the molecule is C=CCN1C[C@@H]2CN(C(=O)COc3cccc(C)c3C)C[C@]2(C(=O)O)C1. The second-order valence-electron chi connectivity index (χ2n) is 7.40. The standard InChI is InChI=1S/C20H26N2O4/c1-4-8-21-9-16-10-22(13-20(16,12-21)19(24)25)18(23)11-26-17-7-5-6-14(2)15(17)3/h4-7,16H,1,8-13H2,2-3H3,(H,24,25)/t16-,20-/m1/s1. The molecule has 0 bridgehead atoms. The molecule has 140 valence electrons. The van der Waals surface area contributed by atoms with Crippen molar-refractivity contribution in [3.8, 4) is 5.75 Å². The molecule has 2 aliphatic heterocycles. The summed E-state index contributed by atoms with van der Waals surface area (Å²) in [6.45, 7) is 10.1. The van der Waals surface area contributed by atoms with Gasteiger partial charge in [-0.1, -0.05) is 18.2 Å². The van der Waals surface area contributed by atoms with Crippen LogP contribution >= 0.6 is 0 Å². The number of aryl methyl sites for hydroxylation is 1. The van der Waals surface area contributed by atoms with Crippen LogP contribution in [0.25, 0.3) is 0 Å². The Morgan fingerprint density at radius 2 is 2.12 bits per heavy atom. The van der Waals surface area contributed by atoms with Gasteiger partial charge in [0, 0.05) is 38.6 Å². The molecule has 0 spiro atoms. The maximum absolute atomic E-state index is 12.6. The number of nitrogens with zero attached hydrogens (tertiary/aromatic N) is 2. The lowest BCUT2D eigenvalue weighted by atomic mass is 9.81. The Morgan fingerprint density at radius 3 is 2.77 bits per heavy atom. The van der Waals surface area contributed by atoms with Crippen molar-refractivity contribution in [3.05, 3.63) is 42.0 Å². The number of aliphatic carboxylic acids is 1. The van der Waals surface area contributed by atoms with Crippen molar-refractivity contribution < 1.29 is 19.4 Å². The van der Waals surface area contributed by atoms with Crippen LogP contribution in [0.1, 0.15) is 11.1 Å². The highest BCUT2D eigenvalue weighted by Gasteiger charge is 2.58. The van der Waals surface area contributed by atoms with Gasteiger partial charge in [-0.15, -0.1) is 6.58 Å². The number of likely N-dealkylation sites (tertiary alicyclic amines) is 2. The monoisotopic (exact) mass is 358 g/mol. The van der Waals surface area contributed by atoms with Crippen molar-refractivity contribution >= 4 is 11.9 Å². The Bertz CT molecular complexity index is 733. The summed E-state index contributed by atoms with van der Waals surface area (Å²) in [5.74, 6) is -0.330. The number of fused-ring (bicyclic) bond motifs is 1. The molecule has 1 aromatic carbocycles. The summed E-state index contributed by atoms with van der Waals surface area (Å²) in [6, 6.07) is 5.74. The predicted octanol–water partition coefficient (Wildman–Crippen LogP) is 1.71. The van der Waals surface area contributed by atoms with E-state index in [-0.39, 0.29) is 25.0 Å². The van der Waals surface area contributed by atoms with Crippen LogP contribution in [0.15, 0.2) is 30.9 Å². The number of carboxylic acids is 1. The second-order valence-corrected chi connectivity index (χ2v) is 7.40. The third kappa shape index (κ3) is 3.21. The van der Waals surface area contributed by atoms with Crippen LogP contribution in [-0.2, 0) is 9.59 Å². The highest BCUT2D eigenvalue weighted by molar-refractivity contribution is 5.82. The topological polar surface area (TPSA) is 70.1 Å². The number of ether oxygens (including phenoxy) is 1. The Morgan fingerprint density at radius 1 is 1.35 bits per heavy atom. The molecule has 2 aliphatic rings. The fourth-order valence-corrected chi connectivity index (χ4v) is 4.09. The first-order chi connectivity index (χ1) is 12.4. The highest BCUT2D eigenvalue weighted by atomic mass is 16.5. The molecular formula is C20H26N2O4. The van der Waals surface area contributed by atoms with Gasteiger partial charge in [0.25, 0.3) is 5.91 Å². The minimum Gasteiger partial charge on any atom is -0.483 e. The zero-order valence-corrected chi connectivity index (χ0v) is 15.4. The molecule has 2 saturated heterocycles. The number of benzene rings is 1. The van der Waals surface area contributed by atoms with Gasteiger partial charge in [-0.05, 0) is 31.0 Å². The van der Waals surface area contributed by atoms with E-state index >= 15 is 0 Å². The van der Waals surface area contributed by atoms with E-state index in [2.05, 4.69) is 11.5 Å². The average Bonchev–Trinajstić information content (AvgIpc) is 3.11. The van der Waals surface area contributed by atoms with Gasteiger partial charge in [0.1, 0.15) is 11.2 Å². The number of carboxylic acid groups (broad SMARTS) is 1. The van der Waals surface area contributed by atoms with Crippen LogP contribution in [0.4, 0.5) is 0 Å². The molecule has 1 amide bonds. The largest absolute Gasteiger partial charge is 0.483 e. The van der Waals surface area contributed by atoms with Crippen molar-refractivity contribution in [1.82, 2.24) is 9.80 Å². The Hall–Kier alpha value is -2.34. The number of hydrogen-bond acceptors (Lipinski definition) is 4. The summed E-state index contributed by atoms with van der Waals surface area (Å²) in [6.07, 6.45) is 1.79. The van der Waals surface area contributed by atoms with Gasteiger partial charge in [0.15, 0.2) is 6.61 Å². The average molecular weight is 358 g/mol. The Kier molecular flexibility index (Phi) is 5.05. The normalized spacial score (nSPS) is 25.2. The quantitative estimate of drug-likeness (QED) is 0.784. The first kappa shape index (κ1) is 18.5. The van der Waals surface area contributed by atoms with Crippen molar-refractivity contribution in [2.45, 2.75) is 13.8 Å². The van der Waals surface area contributed by atoms with Gasteiger partial charge < -0.3 is 14.7 Å². The number of carbonyl (C=O) groups excluding carboxylic acids is 1. The molecule has 6 heteroatoms. The van der Waals surface area contributed by atoms with Crippen LogP contribution in [0.2, 0.25) is 0 Å². The molecule has 0 radical (unpaired) electrons. The summed E-state index contributed by atoms with van der Waals surface area (Å²) in [7, 11) is 0. The van der Waals surface area contributed by atoms with E-state index in [0.717, 1.165) is 11.1 Å². The third-order valence-electron chi connectivity index (χ3n) is 5.75.